The van der Waals surface area contributed by atoms with Gasteiger partial charge in [0, 0.05) is 10.9 Å². The third-order valence-corrected chi connectivity index (χ3v) is 10.5. The van der Waals surface area contributed by atoms with E-state index in [1.165, 1.54) is 17.0 Å². The Morgan fingerprint density at radius 1 is 0.974 bits per heavy atom. The number of aromatic hydroxyl groups is 1. The number of rotatable bonds is 3. The van der Waals surface area contributed by atoms with E-state index in [0.717, 1.165) is 4.90 Å². The molecule has 3 fully saturated rings. The number of alkyl halides is 3. The van der Waals surface area contributed by atoms with Crippen LogP contribution in [0.3, 0.4) is 0 Å². The van der Waals surface area contributed by atoms with Crippen LogP contribution in [0.1, 0.15) is 24.3 Å². The number of hydrogen-bond acceptors (Lipinski definition) is 5. The second-order valence-electron chi connectivity index (χ2n) is 10.1. The van der Waals surface area contributed by atoms with Gasteiger partial charge in [-0.1, -0.05) is 51.3 Å². The summed E-state index contributed by atoms with van der Waals surface area (Å²) >= 11 is 23.5. The first-order valence-corrected chi connectivity index (χ1v) is 14.2. The van der Waals surface area contributed by atoms with Gasteiger partial charge in [-0.15, -0.1) is 23.2 Å². The summed E-state index contributed by atoms with van der Waals surface area (Å²) in [6, 6.07) is 12.7. The Kier molecular flexibility index (Phi) is 6.00. The number of fused-ring (bicyclic) bond motifs is 4. The van der Waals surface area contributed by atoms with E-state index in [4.69, 9.17) is 34.8 Å². The van der Waals surface area contributed by atoms with E-state index in [1.807, 2.05) is 6.08 Å². The second kappa shape index (κ2) is 8.81. The van der Waals surface area contributed by atoms with Crippen LogP contribution in [-0.4, -0.2) is 48.8 Å². The molecule has 1 N–H and O–H groups in total. The smallest absolute Gasteiger partial charge is 0.254 e. The van der Waals surface area contributed by atoms with E-state index >= 15 is 0 Å². The fourth-order valence-electron chi connectivity index (χ4n) is 6.68. The zero-order chi connectivity index (χ0) is 27.1. The van der Waals surface area contributed by atoms with E-state index in [2.05, 4.69) is 15.9 Å². The summed E-state index contributed by atoms with van der Waals surface area (Å²) in [5, 5.41) is 10.7. The van der Waals surface area contributed by atoms with E-state index in [0.29, 0.717) is 21.8 Å². The van der Waals surface area contributed by atoms with Crippen LogP contribution < -0.4 is 4.90 Å². The zero-order valence-corrected chi connectivity index (χ0v) is 23.5. The molecule has 4 amide bonds. The van der Waals surface area contributed by atoms with Crippen LogP contribution in [0.15, 0.2) is 60.2 Å². The van der Waals surface area contributed by atoms with Crippen molar-refractivity contribution in [3.05, 3.63) is 70.8 Å². The number of phenols is 1. The van der Waals surface area contributed by atoms with Crippen molar-refractivity contribution in [1.82, 2.24) is 4.90 Å². The van der Waals surface area contributed by atoms with E-state index in [9.17, 15) is 24.3 Å². The standard InChI is InChI=1S/C27H20BrCl3N2O5/c28-12-32-24(37)26(30)11-19-17(21(27(26,31)25(32)38)13-2-1-3-16(34)10-13)8-9-18-20(19)23(36)33(22(18)35)15-6-4-14(29)5-7-15/h1-8,10,18-21,34H,9,11-12H2/t18-,19+,20-,21-,26+,27-/m0/s1. The van der Waals surface area contributed by atoms with Gasteiger partial charge in [-0.25, -0.2) is 0 Å². The minimum absolute atomic E-state index is 0.0468. The molecular formula is C27H20BrCl3N2O5. The number of anilines is 1. The summed E-state index contributed by atoms with van der Waals surface area (Å²) in [6.07, 6.45) is 2.02. The molecular weight excluding hydrogens is 619 g/mol. The van der Waals surface area contributed by atoms with Crippen LogP contribution in [0, 0.1) is 17.8 Å². The first kappa shape index (κ1) is 25.9. The summed E-state index contributed by atoms with van der Waals surface area (Å²) in [4.78, 5) is 53.1. The minimum Gasteiger partial charge on any atom is -0.508 e. The van der Waals surface area contributed by atoms with Gasteiger partial charge in [-0.3, -0.25) is 29.0 Å². The maximum atomic E-state index is 13.9. The molecule has 11 heteroatoms. The van der Waals surface area contributed by atoms with Gasteiger partial charge in [0.2, 0.25) is 11.8 Å². The van der Waals surface area contributed by atoms with Gasteiger partial charge < -0.3 is 5.11 Å². The molecule has 4 aliphatic rings. The van der Waals surface area contributed by atoms with Gasteiger partial charge in [0.15, 0.2) is 9.75 Å². The number of halogens is 4. The molecule has 0 bridgehead atoms. The highest BCUT2D eigenvalue weighted by molar-refractivity contribution is 9.09. The highest BCUT2D eigenvalue weighted by atomic mass is 79.9. The lowest BCUT2D eigenvalue weighted by atomic mass is 9.56. The average Bonchev–Trinajstić information content (AvgIpc) is 3.22. The van der Waals surface area contributed by atoms with Crippen molar-refractivity contribution in [2.45, 2.75) is 28.5 Å². The van der Waals surface area contributed by atoms with Crippen molar-refractivity contribution < 1.29 is 24.3 Å². The number of imide groups is 2. The van der Waals surface area contributed by atoms with Crippen molar-refractivity contribution in [3.63, 3.8) is 0 Å². The summed E-state index contributed by atoms with van der Waals surface area (Å²) in [7, 11) is 0. The number of carbonyl (C=O) groups is 4. The van der Waals surface area contributed by atoms with Crippen molar-refractivity contribution in [3.8, 4) is 5.75 Å². The highest BCUT2D eigenvalue weighted by Gasteiger charge is 2.76. The Morgan fingerprint density at radius 2 is 1.68 bits per heavy atom. The maximum absolute atomic E-state index is 13.9. The van der Waals surface area contributed by atoms with Gasteiger partial charge in [-0.05, 0) is 60.7 Å². The quantitative estimate of drug-likeness (QED) is 0.222. The molecule has 0 spiro atoms. The van der Waals surface area contributed by atoms with Crippen LogP contribution >= 0.6 is 50.7 Å². The Hall–Kier alpha value is -2.39. The van der Waals surface area contributed by atoms with Crippen molar-refractivity contribution >= 4 is 80.0 Å². The first-order chi connectivity index (χ1) is 18.0. The third kappa shape index (κ3) is 3.27. The summed E-state index contributed by atoms with van der Waals surface area (Å²) < 4.78 is 0. The molecule has 7 nitrogen and oxygen atoms in total. The minimum atomic E-state index is -1.90. The molecule has 38 heavy (non-hydrogen) atoms. The molecule has 2 aliphatic heterocycles. The predicted molar refractivity (Wildman–Crippen MR) is 145 cm³/mol. The Morgan fingerprint density at radius 3 is 2.34 bits per heavy atom. The maximum Gasteiger partial charge on any atom is 0.254 e. The van der Waals surface area contributed by atoms with E-state index < -0.39 is 51.1 Å². The lowest BCUT2D eigenvalue weighted by Crippen LogP contribution is -2.60. The second-order valence-corrected chi connectivity index (χ2v) is 12.2. The largest absolute Gasteiger partial charge is 0.508 e. The molecule has 6 atom stereocenters. The van der Waals surface area contributed by atoms with Crippen molar-refractivity contribution in [2.75, 3.05) is 10.4 Å². The number of hydrogen-bond donors (Lipinski definition) is 1. The van der Waals surface area contributed by atoms with E-state index in [-0.39, 0.29) is 30.0 Å². The average molecular weight is 639 g/mol. The lowest BCUT2D eigenvalue weighted by Gasteiger charge is -2.50. The highest BCUT2D eigenvalue weighted by Crippen LogP contribution is 2.65. The van der Waals surface area contributed by atoms with Crippen LogP contribution in [0.25, 0.3) is 0 Å². The summed E-state index contributed by atoms with van der Waals surface area (Å²) in [5.74, 6) is -5.09. The van der Waals surface area contributed by atoms with Gasteiger partial charge in [0.05, 0.1) is 23.0 Å². The van der Waals surface area contributed by atoms with E-state index in [1.54, 1.807) is 36.4 Å². The summed E-state index contributed by atoms with van der Waals surface area (Å²) in [6.45, 7) is 0. The number of likely N-dealkylation sites (tertiary alicyclic amines) is 1. The Bertz CT molecular complexity index is 1450. The number of nitrogens with zero attached hydrogens (tertiary/aromatic N) is 2. The molecule has 1 saturated carbocycles. The molecule has 0 radical (unpaired) electrons. The number of phenolic OH excluding ortho intramolecular Hbond substituents is 1. The Balaban J connectivity index is 1.51. The predicted octanol–water partition coefficient (Wildman–Crippen LogP) is 4.96. The number of allylic oxidation sites excluding steroid dienone is 2. The molecule has 6 rings (SSSR count). The van der Waals surface area contributed by atoms with Crippen LogP contribution in [0.4, 0.5) is 5.69 Å². The molecule has 2 aromatic carbocycles. The monoisotopic (exact) mass is 636 g/mol. The molecule has 0 unspecified atom stereocenters. The first-order valence-electron chi connectivity index (χ1n) is 12.0. The number of benzene rings is 2. The number of carbonyl (C=O) groups excluding carboxylic acids is 4. The van der Waals surface area contributed by atoms with Gasteiger partial charge in [-0.2, -0.15) is 0 Å². The molecule has 2 heterocycles. The molecule has 2 aliphatic carbocycles. The van der Waals surface area contributed by atoms with Crippen molar-refractivity contribution in [2.24, 2.45) is 17.8 Å². The van der Waals surface area contributed by atoms with Crippen LogP contribution in [0.5, 0.6) is 5.75 Å². The molecule has 2 aromatic rings. The van der Waals surface area contributed by atoms with Crippen molar-refractivity contribution in [1.29, 1.82) is 0 Å². The molecule has 2 saturated heterocycles. The summed E-state index contributed by atoms with van der Waals surface area (Å²) in [5.41, 5.74) is 1.46. The number of amides is 4. The van der Waals surface area contributed by atoms with Gasteiger partial charge >= 0.3 is 0 Å². The topological polar surface area (TPSA) is 95.0 Å². The van der Waals surface area contributed by atoms with Gasteiger partial charge in [0.1, 0.15) is 5.75 Å². The fourth-order valence-corrected chi connectivity index (χ4v) is 8.23. The van der Waals surface area contributed by atoms with Gasteiger partial charge in [0.25, 0.3) is 11.8 Å². The SMILES string of the molecule is O=C1[C@H]2[C@H](CC=C3[C@H]2C[C@@]2(Cl)C(=O)N(CBr)C(=O)[C@@]2(Cl)[C@H]3c2cccc(O)c2)C(=O)N1c1ccc(Cl)cc1. The fraction of sp³-hybridized carbons (Fsp3) is 0.333. The van der Waals surface area contributed by atoms with Crippen LogP contribution in [0.2, 0.25) is 5.02 Å². The third-order valence-electron chi connectivity index (χ3n) is 8.30. The molecule has 196 valence electrons. The molecule has 0 aromatic heterocycles. The lowest BCUT2D eigenvalue weighted by molar-refractivity contribution is -0.138. The zero-order valence-electron chi connectivity index (χ0n) is 19.6. The Labute approximate surface area is 241 Å². The van der Waals surface area contributed by atoms with Crippen LogP contribution in [-0.2, 0) is 19.2 Å². The normalized spacial score (nSPS) is 34.3.